The average molecular weight is 288 g/mol. The normalized spacial score (nSPS) is 15.0. The molecule has 20 heavy (non-hydrogen) atoms. The van der Waals surface area contributed by atoms with E-state index in [2.05, 4.69) is 4.98 Å². The molecule has 1 saturated carbocycles. The number of hydrogen-bond donors (Lipinski definition) is 1. The summed E-state index contributed by atoms with van der Waals surface area (Å²) in [5, 5.41) is 8.91. The molecule has 1 N–H and O–H groups in total. The van der Waals surface area contributed by atoms with E-state index >= 15 is 0 Å². The van der Waals surface area contributed by atoms with Gasteiger partial charge in [0, 0.05) is 11.7 Å². The van der Waals surface area contributed by atoms with Crippen molar-refractivity contribution in [1.29, 1.82) is 0 Å². The molecule has 108 valence electrons. The van der Waals surface area contributed by atoms with Gasteiger partial charge in [0.2, 0.25) is 0 Å². The minimum atomic E-state index is -5.02. The Morgan fingerprint density at radius 2 is 1.95 bits per heavy atom. The number of halogens is 3. The molecule has 2 rings (SSSR count). The largest absolute Gasteiger partial charge is 0.478 e. The van der Waals surface area contributed by atoms with Crippen LogP contribution in [-0.2, 0) is 4.79 Å². The monoisotopic (exact) mass is 288 g/mol. The lowest BCUT2D eigenvalue weighted by atomic mass is 10.2. The van der Waals surface area contributed by atoms with E-state index in [1.807, 2.05) is 0 Å². The first-order chi connectivity index (χ1) is 9.20. The summed E-state index contributed by atoms with van der Waals surface area (Å²) in [5.41, 5.74) is 0.0358. The molecule has 8 heteroatoms. The van der Waals surface area contributed by atoms with Crippen molar-refractivity contribution < 1.29 is 27.9 Å². The minimum Gasteiger partial charge on any atom is -0.478 e. The molecule has 0 aromatic carbocycles. The molecule has 1 fully saturated rings. The first-order valence-corrected chi connectivity index (χ1v) is 5.82. The second-order valence-electron chi connectivity index (χ2n) is 4.56. The summed E-state index contributed by atoms with van der Waals surface area (Å²) in [4.78, 5) is 26.8. The molecule has 0 atom stereocenters. The van der Waals surface area contributed by atoms with Gasteiger partial charge in [-0.25, -0.2) is 9.78 Å². The van der Waals surface area contributed by atoms with Gasteiger partial charge in [-0.1, -0.05) is 0 Å². The van der Waals surface area contributed by atoms with E-state index < -0.39 is 24.1 Å². The number of carbonyl (C=O) groups excluding carboxylic acids is 1. The molecule has 1 aromatic heterocycles. The number of amides is 1. The zero-order valence-electron chi connectivity index (χ0n) is 10.4. The summed E-state index contributed by atoms with van der Waals surface area (Å²) in [6.07, 6.45) is -4.13. The third kappa shape index (κ3) is 2.89. The average Bonchev–Trinajstić information content (AvgIpc) is 3.11. The molecule has 1 aliphatic carbocycles. The van der Waals surface area contributed by atoms with Gasteiger partial charge in [0.25, 0.3) is 0 Å². The van der Waals surface area contributed by atoms with Crippen molar-refractivity contribution in [3.05, 3.63) is 23.4 Å². The SMILES string of the molecule is Cc1cc(C(=O)O)cc(N(C(=O)C(F)(F)F)C2CC2)n1. The molecule has 0 bridgehead atoms. The Labute approximate surface area is 112 Å². The number of rotatable bonds is 3. The predicted octanol–water partition coefficient (Wildman–Crippen LogP) is 2.15. The van der Waals surface area contributed by atoms with Crippen molar-refractivity contribution in [2.24, 2.45) is 0 Å². The molecule has 0 radical (unpaired) electrons. The molecule has 0 unspecified atom stereocenters. The summed E-state index contributed by atoms with van der Waals surface area (Å²) >= 11 is 0. The van der Waals surface area contributed by atoms with Crippen molar-refractivity contribution in [1.82, 2.24) is 4.98 Å². The van der Waals surface area contributed by atoms with Crippen LogP contribution in [0.15, 0.2) is 12.1 Å². The smallest absolute Gasteiger partial charge is 0.471 e. The maximum atomic E-state index is 12.6. The third-order valence-electron chi connectivity index (χ3n) is 2.81. The molecule has 1 aliphatic rings. The fourth-order valence-corrected chi connectivity index (χ4v) is 1.82. The van der Waals surface area contributed by atoms with E-state index in [-0.39, 0.29) is 17.1 Å². The Kier molecular flexibility index (Phi) is 3.41. The summed E-state index contributed by atoms with van der Waals surface area (Å²) < 4.78 is 37.8. The number of anilines is 1. The Balaban J connectivity index is 2.45. The summed E-state index contributed by atoms with van der Waals surface area (Å²) in [7, 11) is 0. The number of alkyl halides is 3. The van der Waals surface area contributed by atoms with Gasteiger partial charge in [-0.15, -0.1) is 0 Å². The van der Waals surface area contributed by atoms with Crippen LogP contribution in [0.3, 0.4) is 0 Å². The fraction of sp³-hybridized carbons (Fsp3) is 0.417. The van der Waals surface area contributed by atoms with Gasteiger partial charge in [0.1, 0.15) is 5.82 Å². The zero-order valence-corrected chi connectivity index (χ0v) is 10.4. The molecule has 1 amide bonds. The number of hydrogen-bond acceptors (Lipinski definition) is 3. The second kappa shape index (κ2) is 4.77. The van der Waals surface area contributed by atoms with Crippen molar-refractivity contribution in [3.8, 4) is 0 Å². The van der Waals surface area contributed by atoms with Gasteiger partial charge in [-0.3, -0.25) is 9.69 Å². The lowest BCUT2D eigenvalue weighted by Crippen LogP contribution is -2.43. The highest BCUT2D eigenvalue weighted by Gasteiger charge is 2.48. The highest BCUT2D eigenvalue weighted by molar-refractivity contribution is 5.98. The number of carbonyl (C=O) groups is 2. The van der Waals surface area contributed by atoms with Crippen LogP contribution in [0.1, 0.15) is 28.9 Å². The molecule has 1 aromatic rings. The second-order valence-corrected chi connectivity index (χ2v) is 4.56. The van der Waals surface area contributed by atoms with Crippen LogP contribution in [0.5, 0.6) is 0 Å². The summed E-state index contributed by atoms with van der Waals surface area (Å²) in [5.74, 6) is -3.58. The lowest BCUT2D eigenvalue weighted by Gasteiger charge is -2.23. The van der Waals surface area contributed by atoms with Gasteiger partial charge >= 0.3 is 18.1 Å². The number of nitrogens with zero attached hydrogens (tertiary/aromatic N) is 2. The van der Waals surface area contributed by atoms with Crippen LogP contribution in [0.4, 0.5) is 19.0 Å². The number of aromatic carboxylic acids is 1. The van der Waals surface area contributed by atoms with Crippen LogP contribution in [0.25, 0.3) is 0 Å². The van der Waals surface area contributed by atoms with Crippen molar-refractivity contribution >= 4 is 17.7 Å². The maximum absolute atomic E-state index is 12.6. The topological polar surface area (TPSA) is 70.5 Å². The number of aromatic nitrogens is 1. The maximum Gasteiger partial charge on any atom is 0.471 e. The molecular formula is C12H11F3N2O3. The fourth-order valence-electron chi connectivity index (χ4n) is 1.82. The lowest BCUT2D eigenvalue weighted by molar-refractivity contribution is -0.170. The molecule has 5 nitrogen and oxygen atoms in total. The van der Waals surface area contributed by atoms with Crippen LogP contribution >= 0.6 is 0 Å². The van der Waals surface area contributed by atoms with Crippen LogP contribution in [0.2, 0.25) is 0 Å². The van der Waals surface area contributed by atoms with Crippen LogP contribution < -0.4 is 4.90 Å². The zero-order chi connectivity index (χ0) is 15.1. The van der Waals surface area contributed by atoms with Gasteiger partial charge in [-0.2, -0.15) is 13.2 Å². The van der Waals surface area contributed by atoms with E-state index in [1.165, 1.54) is 13.0 Å². The minimum absolute atomic E-state index is 0.201. The van der Waals surface area contributed by atoms with Gasteiger partial charge in [0.15, 0.2) is 0 Å². The third-order valence-corrected chi connectivity index (χ3v) is 2.81. The first-order valence-electron chi connectivity index (χ1n) is 5.82. The van der Waals surface area contributed by atoms with Crippen molar-refractivity contribution in [2.45, 2.75) is 32.0 Å². The van der Waals surface area contributed by atoms with E-state index in [4.69, 9.17) is 5.11 Å². The molecule has 0 saturated heterocycles. The quantitative estimate of drug-likeness (QED) is 0.925. The van der Waals surface area contributed by atoms with E-state index in [9.17, 15) is 22.8 Å². The van der Waals surface area contributed by atoms with E-state index in [1.54, 1.807) is 0 Å². The highest BCUT2D eigenvalue weighted by atomic mass is 19.4. The Bertz CT molecular complexity index is 568. The predicted molar refractivity (Wildman–Crippen MR) is 62.5 cm³/mol. The number of pyridine rings is 1. The Morgan fingerprint density at radius 1 is 1.35 bits per heavy atom. The molecular weight excluding hydrogens is 277 g/mol. The Hall–Kier alpha value is -2.12. The van der Waals surface area contributed by atoms with Gasteiger partial charge < -0.3 is 5.11 Å². The number of carboxylic acids is 1. The number of aryl methyl sites for hydroxylation is 1. The highest BCUT2D eigenvalue weighted by Crippen LogP contribution is 2.34. The van der Waals surface area contributed by atoms with Gasteiger partial charge in [-0.05, 0) is 31.9 Å². The summed E-state index contributed by atoms with van der Waals surface area (Å²) in [6, 6.07) is 1.65. The van der Waals surface area contributed by atoms with Crippen LogP contribution in [-0.4, -0.2) is 34.2 Å². The van der Waals surface area contributed by atoms with Crippen LogP contribution in [0, 0.1) is 6.92 Å². The van der Waals surface area contributed by atoms with Crippen molar-refractivity contribution in [3.63, 3.8) is 0 Å². The standard InChI is InChI=1S/C12H11F3N2O3/c1-6-4-7(10(18)19)5-9(16-6)17(8-2-3-8)11(20)12(13,14)15/h4-5,8H,2-3H2,1H3,(H,18,19). The Morgan fingerprint density at radius 3 is 2.40 bits per heavy atom. The van der Waals surface area contributed by atoms with Crippen molar-refractivity contribution in [2.75, 3.05) is 4.90 Å². The molecule has 1 heterocycles. The molecule has 0 aliphatic heterocycles. The number of carboxylic acid groups (broad SMARTS) is 1. The summed E-state index contributed by atoms with van der Waals surface area (Å²) in [6.45, 7) is 1.46. The molecule has 0 spiro atoms. The van der Waals surface area contributed by atoms with Gasteiger partial charge in [0.05, 0.1) is 5.56 Å². The van der Waals surface area contributed by atoms with E-state index in [0.29, 0.717) is 17.7 Å². The first kappa shape index (κ1) is 14.3. The van der Waals surface area contributed by atoms with E-state index in [0.717, 1.165) is 6.07 Å².